The maximum Gasteiger partial charge on any atom is 0.133 e. The Bertz CT molecular complexity index is 746. The fourth-order valence-electron chi connectivity index (χ4n) is 1.95. The molecule has 0 aromatic heterocycles. The summed E-state index contributed by atoms with van der Waals surface area (Å²) in [4.78, 5) is 0. The van der Waals surface area contributed by atoms with E-state index in [9.17, 15) is 0 Å². The molecule has 0 aliphatic carbocycles. The monoisotopic (exact) mass is 274 g/mol. The largest absolute Gasteiger partial charge is 0.457 e. The number of hydrogen-bond donors (Lipinski definition) is 0. The first kappa shape index (κ1) is 14.4. The molecular weight excluding hydrogens is 260 g/mol. The molecule has 21 heavy (non-hydrogen) atoms. The van der Waals surface area contributed by atoms with Crippen LogP contribution in [-0.4, -0.2) is 0 Å². The van der Waals surface area contributed by atoms with E-state index < -0.39 is 0 Å². The Morgan fingerprint density at radius 3 is 2.24 bits per heavy atom. The minimum atomic E-state index is 0.131. The van der Waals surface area contributed by atoms with Gasteiger partial charge in [-0.2, -0.15) is 10.5 Å². The van der Waals surface area contributed by atoms with E-state index >= 15 is 0 Å². The van der Waals surface area contributed by atoms with Crippen LogP contribution in [0.4, 0.5) is 0 Å². The van der Waals surface area contributed by atoms with Crippen molar-refractivity contribution in [2.24, 2.45) is 0 Å². The first-order valence-electron chi connectivity index (χ1n) is 6.50. The molecule has 0 saturated heterocycles. The van der Waals surface area contributed by atoms with Crippen molar-refractivity contribution in [3.63, 3.8) is 0 Å². The molecule has 0 aliphatic heterocycles. The molecule has 2 aromatic rings. The quantitative estimate of drug-likeness (QED) is 0.768. The van der Waals surface area contributed by atoms with Crippen LogP contribution in [0.5, 0.6) is 11.5 Å². The molecule has 2 rings (SSSR count). The molecule has 0 amide bonds. The summed E-state index contributed by atoms with van der Waals surface area (Å²) in [5.41, 5.74) is 2.61. The summed E-state index contributed by atoms with van der Waals surface area (Å²) in [7, 11) is 0. The van der Waals surface area contributed by atoms with Crippen LogP contribution in [0.2, 0.25) is 0 Å². The number of benzene rings is 2. The van der Waals surface area contributed by atoms with Gasteiger partial charge in [-0.3, -0.25) is 0 Å². The number of hydrogen-bond acceptors (Lipinski definition) is 3. The minimum Gasteiger partial charge on any atom is -0.457 e. The highest BCUT2D eigenvalue weighted by Crippen LogP contribution is 2.28. The van der Waals surface area contributed by atoms with E-state index in [0.717, 1.165) is 22.6 Å². The Kier molecular flexibility index (Phi) is 4.39. The molecule has 0 aliphatic rings. The van der Waals surface area contributed by atoms with Crippen molar-refractivity contribution in [1.82, 2.24) is 0 Å². The SMILES string of the molecule is CC(=C(C#N)C#N)c1ccc(Oc2ccccc2)c(C)c1. The second-order valence-corrected chi connectivity index (χ2v) is 4.62. The Balaban J connectivity index is 2.33. The molecule has 0 radical (unpaired) electrons. The van der Waals surface area contributed by atoms with E-state index in [0.29, 0.717) is 5.57 Å². The Morgan fingerprint density at radius 2 is 1.67 bits per heavy atom. The second-order valence-electron chi connectivity index (χ2n) is 4.62. The van der Waals surface area contributed by atoms with E-state index in [-0.39, 0.29) is 5.57 Å². The number of nitrogens with zero attached hydrogens (tertiary/aromatic N) is 2. The molecule has 0 saturated carbocycles. The zero-order valence-electron chi connectivity index (χ0n) is 11.9. The van der Waals surface area contributed by atoms with Crippen molar-refractivity contribution in [3.8, 4) is 23.6 Å². The van der Waals surface area contributed by atoms with Gasteiger partial charge in [-0.05, 0) is 54.8 Å². The fraction of sp³-hybridized carbons (Fsp3) is 0.111. The number of rotatable bonds is 3. The predicted octanol–water partition coefficient (Wildman–Crippen LogP) is 4.61. The first-order chi connectivity index (χ1) is 10.2. The summed E-state index contributed by atoms with van der Waals surface area (Å²) in [6, 6.07) is 19.0. The maximum atomic E-state index is 8.92. The van der Waals surface area contributed by atoms with Crippen LogP contribution in [0.25, 0.3) is 5.57 Å². The summed E-state index contributed by atoms with van der Waals surface area (Å²) in [6.45, 7) is 3.71. The molecule has 0 heterocycles. The van der Waals surface area contributed by atoms with Crippen LogP contribution >= 0.6 is 0 Å². The zero-order valence-corrected chi connectivity index (χ0v) is 11.9. The second kappa shape index (κ2) is 6.41. The van der Waals surface area contributed by atoms with Gasteiger partial charge in [0.1, 0.15) is 29.2 Å². The average molecular weight is 274 g/mol. The summed E-state index contributed by atoms with van der Waals surface area (Å²) >= 11 is 0. The normalized spacial score (nSPS) is 9.33. The van der Waals surface area contributed by atoms with E-state index in [1.807, 2.05) is 67.6 Å². The van der Waals surface area contributed by atoms with Crippen molar-refractivity contribution in [1.29, 1.82) is 10.5 Å². The summed E-state index contributed by atoms with van der Waals surface area (Å²) in [6.07, 6.45) is 0. The Morgan fingerprint density at radius 1 is 1.00 bits per heavy atom. The Labute approximate surface area is 124 Å². The smallest absolute Gasteiger partial charge is 0.133 e. The fourth-order valence-corrected chi connectivity index (χ4v) is 1.95. The summed E-state index contributed by atoms with van der Waals surface area (Å²) in [5, 5.41) is 17.8. The topological polar surface area (TPSA) is 56.8 Å². The molecule has 0 N–H and O–H groups in total. The van der Waals surface area contributed by atoms with Gasteiger partial charge in [0.15, 0.2) is 0 Å². The van der Waals surface area contributed by atoms with Gasteiger partial charge < -0.3 is 4.74 Å². The molecule has 102 valence electrons. The molecule has 3 heteroatoms. The number of allylic oxidation sites excluding steroid dienone is 2. The maximum absolute atomic E-state index is 8.92. The van der Waals surface area contributed by atoms with Gasteiger partial charge in [0.05, 0.1) is 0 Å². The average Bonchev–Trinajstić information content (AvgIpc) is 2.51. The number of para-hydroxylation sites is 1. The van der Waals surface area contributed by atoms with Crippen molar-refractivity contribution >= 4 is 5.57 Å². The lowest BCUT2D eigenvalue weighted by Gasteiger charge is -2.10. The molecule has 0 unspecified atom stereocenters. The summed E-state index contributed by atoms with van der Waals surface area (Å²) < 4.78 is 5.81. The molecule has 3 nitrogen and oxygen atoms in total. The van der Waals surface area contributed by atoms with Gasteiger partial charge in [0.2, 0.25) is 0 Å². The van der Waals surface area contributed by atoms with Crippen LogP contribution < -0.4 is 4.74 Å². The zero-order chi connectivity index (χ0) is 15.2. The number of nitriles is 2. The van der Waals surface area contributed by atoms with Crippen LogP contribution in [0.3, 0.4) is 0 Å². The molecule has 0 atom stereocenters. The van der Waals surface area contributed by atoms with Gasteiger partial charge in [-0.1, -0.05) is 24.3 Å². The van der Waals surface area contributed by atoms with Crippen molar-refractivity contribution < 1.29 is 4.74 Å². The lowest BCUT2D eigenvalue weighted by Crippen LogP contribution is -1.91. The van der Waals surface area contributed by atoms with Crippen molar-refractivity contribution in [2.75, 3.05) is 0 Å². The minimum absolute atomic E-state index is 0.131. The van der Waals surface area contributed by atoms with Gasteiger partial charge in [0, 0.05) is 0 Å². The summed E-state index contributed by atoms with van der Waals surface area (Å²) in [5.74, 6) is 1.53. The number of ether oxygens (including phenoxy) is 1. The lowest BCUT2D eigenvalue weighted by atomic mass is 10.0. The molecular formula is C18H14N2O. The standard InChI is InChI=1S/C18H14N2O/c1-13-10-15(14(2)16(11-19)12-20)8-9-18(13)21-17-6-4-3-5-7-17/h3-10H,1-2H3. The van der Waals surface area contributed by atoms with E-state index in [4.69, 9.17) is 15.3 Å². The van der Waals surface area contributed by atoms with Gasteiger partial charge >= 0.3 is 0 Å². The van der Waals surface area contributed by atoms with Gasteiger partial charge in [0.25, 0.3) is 0 Å². The Hall–Kier alpha value is -3.04. The highest BCUT2D eigenvalue weighted by atomic mass is 16.5. The van der Waals surface area contributed by atoms with E-state index in [2.05, 4.69) is 0 Å². The van der Waals surface area contributed by atoms with E-state index in [1.54, 1.807) is 6.92 Å². The van der Waals surface area contributed by atoms with E-state index in [1.165, 1.54) is 0 Å². The molecule has 0 bridgehead atoms. The van der Waals surface area contributed by atoms with Crippen LogP contribution in [0.1, 0.15) is 18.1 Å². The molecule has 2 aromatic carbocycles. The highest BCUT2D eigenvalue weighted by molar-refractivity contribution is 5.74. The number of aryl methyl sites for hydroxylation is 1. The third-order valence-electron chi connectivity index (χ3n) is 3.18. The van der Waals surface area contributed by atoms with Gasteiger partial charge in [-0.25, -0.2) is 0 Å². The third kappa shape index (κ3) is 3.29. The molecule has 0 fully saturated rings. The lowest BCUT2D eigenvalue weighted by molar-refractivity contribution is 0.479. The highest BCUT2D eigenvalue weighted by Gasteiger charge is 2.07. The van der Waals surface area contributed by atoms with Gasteiger partial charge in [-0.15, -0.1) is 0 Å². The van der Waals surface area contributed by atoms with Crippen LogP contribution in [-0.2, 0) is 0 Å². The van der Waals surface area contributed by atoms with Crippen LogP contribution in [0, 0.1) is 29.6 Å². The first-order valence-corrected chi connectivity index (χ1v) is 6.50. The van der Waals surface area contributed by atoms with Crippen molar-refractivity contribution in [2.45, 2.75) is 13.8 Å². The molecule has 0 spiro atoms. The van der Waals surface area contributed by atoms with Crippen LogP contribution in [0.15, 0.2) is 54.1 Å². The third-order valence-corrected chi connectivity index (χ3v) is 3.18. The predicted molar refractivity (Wildman–Crippen MR) is 81.5 cm³/mol. The van der Waals surface area contributed by atoms with Crippen molar-refractivity contribution in [3.05, 3.63) is 65.2 Å².